The zero-order valence-corrected chi connectivity index (χ0v) is 15.7. The van der Waals surface area contributed by atoms with E-state index in [0.29, 0.717) is 22.9 Å². The molecule has 1 aliphatic heterocycles. The van der Waals surface area contributed by atoms with E-state index < -0.39 is 0 Å². The first-order valence-electron chi connectivity index (χ1n) is 10.5. The Morgan fingerprint density at radius 2 is 2.00 bits per heavy atom. The van der Waals surface area contributed by atoms with Gasteiger partial charge < -0.3 is 5.32 Å². The molecule has 1 amide bonds. The monoisotopic (exact) mass is 340 g/mol. The van der Waals surface area contributed by atoms with Gasteiger partial charge in [-0.25, -0.2) is 0 Å². The molecule has 3 nitrogen and oxygen atoms in total. The molecule has 0 radical (unpaired) electrons. The molecule has 25 heavy (non-hydrogen) atoms. The fourth-order valence-corrected chi connectivity index (χ4v) is 7.97. The lowest BCUT2D eigenvalue weighted by atomic mass is 9.47. The molecule has 0 aromatic heterocycles. The van der Waals surface area contributed by atoms with Gasteiger partial charge in [0.25, 0.3) is 0 Å². The molecular weight excluding hydrogens is 308 g/mol. The van der Waals surface area contributed by atoms with Crippen molar-refractivity contribution in [1.82, 2.24) is 5.32 Å². The highest BCUT2D eigenvalue weighted by Crippen LogP contribution is 2.67. The molecule has 0 unspecified atom stereocenters. The summed E-state index contributed by atoms with van der Waals surface area (Å²) in [6.07, 6.45) is 16.2. The third-order valence-electron chi connectivity index (χ3n) is 9.19. The van der Waals surface area contributed by atoms with Crippen LogP contribution in [-0.4, -0.2) is 24.7 Å². The Morgan fingerprint density at radius 1 is 1.16 bits per heavy atom. The van der Waals surface area contributed by atoms with Crippen LogP contribution >= 0.6 is 0 Å². The minimum Gasteiger partial charge on any atom is -0.356 e. The standard InChI is InChI=1S/C22H32N2O/c1-14-18-5-6-20-17-4-3-15-11-16(24-13-25)7-9-21(15,2)19(17)8-10-22(18,20)12-23-14/h3,12-14,16-20H,4-11H2,1-2H3,(H,24,25)/t14-,16-,17+,18+,19-,20-,21-,22-/m0/s1. The summed E-state index contributed by atoms with van der Waals surface area (Å²) in [6, 6.07) is 0.915. The molecule has 1 spiro atoms. The summed E-state index contributed by atoms with van der Waals surface area (Å²) in [5.41, 5.74) is 2.47. The van der Waals surface area contributed by atoms with Crippen molar-refractivity contribution >= 4 is 12.6 Å². The Kier molecular flexibility index (Phi) is 3.50. The molecule has 0 bridgehead atoms. The number of nitrogens with zero attached hydrogens (tertiary/aromatic N) is 1. The highest BCUT2D eigenvalue weighted by Gasteiger charge is 2.62. The van der Waals surface area contributed by atoms with Crippen molar-refractivity contribution in [2.75, 3.05) is 0 Å². The number of hydrogen-bond donors (Lipinski definition) is 1. The van der Waals surface area contributed by atoms with E-state index in [9.17, 15) is 4.79 Å². The molecule has 1 heterocycles. The Labute approximate surface area is 151 Å². The van der Waals surface area contributed by atoms with Crippen LogP contribution in [0.4, 0.5) is 0 Å². The molecule has 5 aliphatic rings. The van der Waals surface area contributed by atoms with E-state index in [1.54, 1.807) is 5.57 Å². The van der Waals surface area contributed by atoms with Gasteiger partial charge in [0.05, 0.1) is 6.04 Å². The van der Waals surface area contributed by atoms with Gasteiger partial charge in [-0.15, -0.1) is 0 Å². The molecule has 0 aromatic carbocycles. The highest BCUT2D eigenvalue weighted by molar-refractivity contribution is 5.71. The maximum Gasteiger partial charge on any atom is 0.207 e. The predicted molar refractivity (Wildman–Crippen MR) is 100 cm³/mol. The molecule has 8 atom stereocenters. The number of nitrogens with one attached hydrogen (secondary N) is 1. The molecule has 136 valence electrons. The largest absolute Gasteiger partial charge is 0.356 e. The zero-order chi connectivity index (χ0) is 17.2. The summed E-state index contributed by atoms with van der Waals surface area (Å²) in [7, 11) is 0. The molecule has 1 N–H and O–H groups in total. The van der Waals surface area contributed by atoms with Crippen LogP contribution in [0.2, 0.25) is 0 Å². The molecular formula is C22H32N2O. The zero-order valence-electron chi connectivity index (χ0n) is 15.7. The highest BCUT2D eigenvalue weighted by atomic mass is 16.1. The van der Waals surface area contributed by atoms with Crippen molar-refractivity contribution in [3.63, 3.8) is 0 Å². The predicted octanol–water partition coefficient (Wildman–Crippen LogP) is 4.13. The van der Waals surface area contributed by atoms with E-state index in [2.05, 4.69) is 31.5 Å². The van der Waals surface area contributed by atoms with Crippen molar-refractivity contribution in [3.05, 3.63) is 11.6 Å². The summed E-state index contributed by atoms with van der Waals surface area (Å²) in [5.74, 6) is 3.40. The summed E-state index contributed by atoms with van der Waals surface area (Å²) >= 11 is 0. The maximum absolute atomic E-state index is 10.9. The lowest BCUT2D eigenvalue weighted by Crippen LogP contribution is -2.52. The Bertz CT molecular complexity index is 640. The molecule has 3 saturated carbocycles. The number of allylic oxidation sites excluding steroid dienone is 1. The lowest BCUT2D eigenvalue weighted by Gasteiger charge is -2.57. The van der Waals surface area contributed by atoms with Gasteiger partial charge in [-0.05, 0) is 87.4 Å². The van der Waals surface area contributed by atoms with E-state index in [0.717, 1.165) is 42.9 Å². The van der Waals surface area contributed by atoms with Gasteiger partial charge in [0.1, 0.15) is 0 Å². The second-order valence-electron chi connectivity index (χ2n) is 9.84. The van der Waals surface area contributed by atoms with Gasteiger partial charge >= 0.3 is 0 Å². The van der Waals surface area contributed by atoms with Crippen LogP contribution in [0.1, 0.15) is 65.2 Å². The Balaban J connectivity index is 1.45. The van der Waals surface area contributed by atoms with Crippen molar-refractivity contribution in [2.24, 2.45) is 39.5 Å². The SMILES string of the molecule is C[C@@H]1N=C[C@]23CC[C@H]4[C@@H](CC=C5C[C@@H](NC=O)CC[C@@]54C)[C@@H]2CC[C@H]13. The molecule has 3 fully saturated rings. The number of carbonyl (C=O) groups excluding carboxylic acids is 1. The first kappa shape index (κ1) is 16.1. The summed E-state index contributed by atoms with van der Waals surface area (Å²) in [4.78, 5) is 15.7. The van der Waals surface area contributed by atoms with E-state index in [-0.39, 0.29) is 0 Å². The van der Waals surface area contributed by atoms with Crippen LogP contribution in [0, 0.1) is 34.5 Å². The Hall–Kier alpha value is -1.12. The Morgan fingerprint density at radius 3 is 2.84 bits per heavy atom. The van der Waals surface area contributed by atoms with Crippen LogP contribution in [0.3, 0.4) is 0 Å². The van der Waals surface area contributed by atoms with E-state index in [4.69, 9.17) is 4.99 Å². The van der Waals surface area contributed by atoms with Crippen molar-refractivity contribution in [2.45, 2.75) is 77.3 Å². The number of rotatable bonds is 2. The molecule has 4 aliphatic carbocycles. The second-order valence-corrected chi connectivity index (χ2v) is 9.84. The topological polar surface area (TPSA) is 41.5 Å². The van der Waals surface area contributed by atoms with E-state index in [1.807, 2.05) is 0 Å². The van der Waals surface area contributed by atoms with Gasteiger partial charge in [0.15, 0.2) is 0 Å². The number of carbonyl (C=O) groups is 1. The lowest BCUT2D eigenvalue weighted by molar-refractivity contribution is -0.110. The number of amides is 1. The summed E-state index contributed by atoms with van der Waals surface area (Å²) in [5, 5.41) is 3.04. The van der Waals surface area contributed by atoms with Gasteiger partial charge in [0.2, 0.25) is 6.41 Å². The molecule has 0 aromatic rings. The number of hydrogen-bond acceptors (Lipinski definition) is 2. The average molecular weight is 341 g/mol. The van der Waals surface area contributed by atoms with Crippen LogP contribution in [-0.2, 0) is 4.79 Å². The normalized spacial score (nSPS) is 53.3. The van der Waals surface area contributed by atoms with Crippen molar-refractivity contribution in [1.29, 1.82) is 0 Å². The molecule has 3 heteroatoms. The number of fused-ring (bicyclic) bond motifs is 4. The molecule has 0 saturated heterocycles. The average Bonchev–Trinajstić information content (AvgIpc) is 3.13. The maximum atomic E-state index is 10.9. The van der Waals surface area contributed by atoms with E-state index >= 15 is 0 Å². The van der Waals surface area contributed by atoms with Crippen molar-refractivity contribution in [3.8, 4) is 0 Å². The van der Waals surface area contributed by atoms with Crippen LogP contribution in [0.15, 0.2) is 16.6 Å². The third-order valence-corrected chi connectivity index (χ3v) is 9.19. The van der Waals surface area contributed by atoms with Gasteiger partial charge in [-0.2, -0.15) is 0 Å². The molecule has 5 rings (SSSR count). The fourth-order valence-electron chi connectivity index (χ4n) is 7.97. The summed E-state index contributed by atoms with van der Waals surface area (Å²) < 4.78 is 0. The minimum atomic E-state index is 0.363. The number of aliphatic imine (C=N–C) groups is 1. The first-order chi connectivity index (χ1) is 12.1. The summed E-state index contributed by atoms with van der Waals surface area (Å²) in [6.45, 7) is 4.88. The minimum absolute atomic E-state index is 0.363. The fraction of sp³-hybridized carbons (Fsp3) is 0.818. The van der Waals surface area contributed by atoms with E-state index in [1.165, 1.54) is 38.5 Å². The second kappa shape index (κ2) is 5.44. The third kappa shape index (κ3) is 2.04. The van der Waals surface area contributed by atoms with Gasteiger partial charge in [-0.3, -0.25) is 9.79 Å². The van der Waals surface area contributed by atoms with Crippen LogP contribution in [0.5, 0.6) is 0 Å². The van der Waals surface area contributed by atoms with Crippen LogP contribution in [0.25, 0.3) is 0 Å². The van der Waals surface area contributed by atoms with Crippen LogP contribution < -0.4 is 5.32 Å². The smallest absolute Gasteiger partial charge is 0.207 e. The van der Waals surface area contributed by atoms with Crippen molar-refractivity contribution < 1.29 is 4.79 Å². The quantitative estimate of drug-likeness (QED) is 0.596. The van der Waals surface area contributed by atoms with Gasteiger partial charge in [-0.1, -0.05) is 18.6 Å². The van der Waals surface area contributed by atoms with Gasteiger partial charge in [0, 0.05) is 17.7 Å². The first-order valence-corrected chi connectivity index (χ1v) is 10.5.